The van der Waals surface area contributed by atoms with Crippen molar-refractivity contribution in [3.8, 4) is 5.75 Å². The fourth-order valence-electron chi connectivity index (χ4n) is 2.33. The van der Waals surface area contributed by atoms with Crippen LogP contribution in [-0.4, -0.2) is 11.4 Å². The molecule has 19 heavy (non-hydrogen) atoms. The van der Waals surface area contributed by atoms with Crippen LogP contribution >= 0.6 is 22.9 Å². The molecule has 1 aliphatic heterocycles. The normalized spacial score (nSPS) is 15.9. The highest BCUT2D eigenvalue weighted by atomic mass is 35.5. The van der Waals surface area contributed by atoms with Gasteiger partial charge in [0.25, 0.3) is 0 Å². The van der Waals surface area contributed by atoms with E-state index < -0.39 is 0 Å². The van der Waals surface area contributed by atoms with Crippen molar-refractivity contribution in [2.45, 2.75) is 25.9 Å². The van der Waals surface area contributed by atoms with Crippen LogP contribution in [0.5, 0.6) is 5.75 Å². The van der Waals surface area contributed by atoms with Crippen molar-refractivity contribution in [2.24, 2.45) is 0 Å². The third-order valence-electron chi connectivity index (χ3n) is 3.12. The van der Waals surface area contributed by atoms with Crippen LogP contribution in [0.25, 0.3) is 0 Å². The first-order valence-corrected chi connectivity index (χ1v) is 7.26. The molecule has 1 aliphatic rings. The number of benzene rings is 1. The zero-order valence-electron chi connectivity index (χ0n) is 10.7. The first-order valence-electron chi connectivity index (χ1n) is 6.07. The summed E-state index contributed by atoms with van der Waals surface area (Å²) in [7, 11) is 0. The number of carbonyl (C=O) groups excluding carboxylic acids is 1. The van der Waals surface area contributed by atoms with E-state index >= 15 is 0 Å². The Morgan fingerprint density at radius 3 is 2.79 bits per heavy atom. The molecule has 2 aromatic rings. The molecule has 0 spiro atoms. The van der Waals surface area contributed by atoms with Crippen molar-refractivity contribution >= 4 is 28.7 Å². The Kier molecular flexibility index (Phi) is 2.91. The molecule has 1 aromatic heterocycles. The highest BCUT2D eigenvalue weighted by Crippen LogP contribution is 2.36. The Morgan fingerprint density at radius 1 is 1.32 bits per heavy atom. The van der Waals surface area contributed by atoms with Crippen molar-refractivity contribution in [1.82, 2.24) is 0 Å². The summed E-state index contributed by atoms with van der Waals surface area (Å²) in [5, 5.41) is 0. The van der Waals surface area contributed by atoms with Crippen LogP contribution in [0.15, 0.2) is 30.3 Å². The summed E-state index contributed by atoms with van der Waals surface area (Å²) < 4.78 is 6.44. The highest BCUT2D eigenvalue weighted by Gasteiger charge is 2.30. The van der Waals surface area contributed by atoms with Gasteiger partial charge in [-0.15, -0.1) is 11.3 Å². The number of halogens is 1. The van der Waals surface area contributed by atoms with E-state index in [1.54, 1.807) is 12.1 Å². The lowest BCUT2D eigenvalue weighted by molar-refractivity contribution is 0.104. The molecular formula is C15H13ClO2S. The third kappa shape index (κ3) is 2.40. The van der Waals surface area contributed by atoms with Gasteiger partial charge in [0.2, 0.25) is 5.78 Å². The first-order chi connectivity index (χ1) is 8.94. The van der Waals surface area contributed by atoms with Crippen LogP contribution in [0, 0.1) is 0 Å². The van der Waals surface area contributed by atoms with Gasteiger partial charge in [0, 0.05) is 12.0 Å². The van der Waals surface area contributed by atoms with Gasteiger partial charge in [-0.1, -0.05) is 11.6 Å². The van der Waals surface area contributed by atoms with Crippen molar-refractivity contribution in [2.75, 3.05) is 0 Å². The molecule has 0 saturated carbocycles. The van der Waals surface area contributed by atoms with Gasteiger partial charge >= 0.3 is 0 Å². The molecule has 1 aromatic carbocycles. The molecule has 4 heteroatoms. The van der Waals surface area contributed by atoms with Crippen LogP contribution in [0.4, 0.5) is 0 Å². The zero-order chi connectivity index (χ0) is 13.6. The number of hydrogen-bond acceptors (Lipinski definition) is 3. The standard InChI is InChI=1S/C15H13ClO2S/c1-15(2)8-10-7-9(3-4-11(10)18-15)14(17)12-5-6-13(16)19-12/h3-7H,8H2,1-2H3. The van der Waals surface area contributed by atoms with Crippen molar-refractivity contribution < 1.29 is 9.53 Å². The Balaban J connectivity index is 1.94. The van der Waals surface area contributed by atoms with Crippen LogP contribution in [0.2, 0.25) is 4.34 Å². The Hall–Kier alpha value is -1.32. The SMILES string of the molecule is CC1(C)Cc2cc(C(=O)c3ccc(Cl)s3)ccc2O1. The predicted octanol–water partition coefficient (Wildman–Crippen LogP) is 4.35. The van der Waals surface area contributed by atoms with E-state index in [0.29, 0.717) is 14.8 Å². The summed E-state index contributed by atoms with van der Waals surface area (Å²) in [4.78, 5) is 13.0. The van der Waals surface area contributed by atoms with Gasteiger partial charge in [-0.3, -0.25) is 4.79 Å². The molecule has 0 unspecified atom stereocenters. The number of carbonyl (C=O) groups is 1. The second-order valence-electron chi connectivity index (χ2n) is 5.29. The van der Waals surface area contributed by atoms with Crippen molar-refractivity contribution in [3.63, 3.8) is 0 Å². The lowest BCUT2D eigenvalue weighted by atomic mass is 9.99. The number of thiophene rings is 1. The lowest BCUT2D eigenvalue weighted by Gasteiger charge is -2.16. The molecule has 0 N–H and O–H groups in total. The largest absolute Gasteiger partial charge is 0.487 e. The summed E-state index contributed by atoms with van der Waals surface area (Å²) in [6.45, 7) is 4.10. The lowest BCUT2D eigenvalue weighted by Crippen LogP contribution is -2.24. The summed E-state index contributed by atoms with van der Waals surface area (Å²) in [5.41, 5.74) is 1.60. The molecule has 0 radical (unpaired) electrons. The molecule has 0 aliphatic carbocycles. The number of ether oxygens (including phenoxy) is 1. The quantitative estimate of drug-likeness (QED) is 0.769. The molecular weight excluding hydrogens is 280 g/mol. The summed E-state index contributed by atoms with van der Waals surface area (Å²) >= 11 is 7.18. The van der Waals surface area contributed by atoms with Gasteiger partial charge in [0.15, 0.2) is 0 Å². The molecule has 2 heterocycles. The third-order valence-corrected chi connectivity index (χ3v) is 4.35. The number of hydrogen-bond donors (Lipinski definition) is 0. The average Bonchev–Trinajstić information content (AvgIpc) is 2.88. The number of fused-ring (bicyclic) bond motifs is 1. The van der Waals surface area contributed by atoms with Gasteiger partial charge in [0.05, 0.1) is 9.21 Å². The van der Waals surface area contributed by atoms with Crippen molar-refractivity contribution in [3.05, 3.63) is 50.7 Å². The van der Waals surface area contributed by atoms with Crippen LogP contribution in [0.1, 0.15) is 34.6 Å². The van der Waals surface area contributed by atoms with Crippen LogP contribution in [-0.2, 0) is 6.42 Å². The predicted molar refractivity (Wildman–Crippen MR) is 77.6 cm³/mol. The maximum absolute atomic E-state index is 12.3. The number of rotatable bonds is 2. The van der Waals surface area contributed by atoms with Gasteiger partial charge in [0.1, 0.15) is 11.4 Å². The molecule has 2 nitrogen and oxygen atoms in total. The van der Waals surface area contributed by atoms with Crippen LogP contribution in [0.3, 0.4) is 0 Å². The molecule has 0 bridgehead atoms. The van der Waals surface area contributed by atoms with E-state index in [4.69, 9.17) is 16.3 Å². The van der Waals surface area contributed by atoms with Crippen molar-refractivity contribution in [1.29, 1.82) is 0 Å². The monoisotopic (exact) mass is 292 g/mol. The molecule has 0 saturated heterocycles. The molecule has 98 valence electrons. The molecule has 3 rings (SSSR count). The van der Waals surface area contributed by atoms with E-state index in [1.165, 1.54) is 11.3 Å². The van der Waals surface area contributed by atoms with E-state index in [2.05, 4.69) is 0 Å². The highest BCUT2D eigenvalue weighted by molar-refractivity contribution is 7.18. The minimum Gasteiger partial charge on any atom is -0.487 e. The Labute approximate surface area is 121 Å². The maximum Gasteiger partial charge on any atom is 0.203 e. The topological polar surface area (TPSA) is 26.3 Å². The van der Waals surface area contributed by atoms with Gasteiger partial charge in [-0.2, -0.15) is 0 Å². The second-order valence-corrected chi connectivity index (χ2v) is 7.01. The van der Waals surface area contributed by atoms with Gasteiger partial charge in [-0.25, -0.2) is 0 Å². The van der Waals surface area contributed by atoms with Crippen LogP contribution < -0.4 is 4.74 Å². The smallest absolute Gasteiger partial charge is 0.203 e. The summed E-state index contributed by atoms with van der Waals surface area (Å²) in [6.07, 6.45) is 0.828. The van der Waals surface area contributed by atoms with Gasteiger partial charge < -0.3 is 4.74 Å². The van der Waals surface area contributed by atoms with E-state index in [-0.39, 0.29) is 11.4 Å². The first kappa shape index (κ1) is 12.7. The van der Waals surface area contributed by atoms with E-state index in [9.17, 15) is 4.79 Å². The molecule has 0 amide bonds. The fourth-order valence-corrected chi connectivity index (χ4v) is 3.33. The van der Waals surface area contributed by atoms with E-state index in [1.807, 2.05) is 32.0 Å². The minimum absolute atomic E-state index is 0.0180. The average molecular weight is 293 g/mol. The maximum atomic E-state index is 12.3. The van der Waals surface area contributed by atoms with E-state index in [0.717, 1.165) is 17.7 Å². The summed E-state index contributed by atoms with van der Waals surface area (Å²) in [6, 6.07) is 9.14. The Morgan fingerprint density at radius 2 is 2.11 bits per heavy atom. The molecule has 0 fully saturated rings. The Bertz CT molecular complexity index is 658. The molecule has 0 atom stereocenters. The summed E-state index contributed by atoms with van der Waals surface area (Å²) in [5.74, 6) is 0.898. The fraction of sp³-hybridized carbons (Fsp3) is 0.267. The van der Waals surface area contributed by atoms with Gasteiger partial charge in [-0.05, 0) is 49.7 Å². The zero-order valence-corrected chi connectivity index (χ0v) is 12.3. The number of ketones is 1. The minimum atomic E-state index is -0.184. The second kappa shape index (κ2) is 4.36.